The zero-order valence-corrected chi connectivity index (χ0v) is 13.1. The molecule has 1 aliphatic heterocycles. The number of nitrogens with zero attached hydrogens (tertiary/aromatic N) is 1. The summed E-state index contributed by atoms with van der Waals surface area (Å²) in [6.45, 7) is 6.61. The van der Waals surface area contributed by atoms with E-state index in [1.165, 1.54) is 0 Å². The van der Waals surface area contributed by atoms with Crippen LogP contribution in [0.2, 0.25) is 0 Å². The molecule has 0 spiro atoms. The highest BCUT2D eigenvalue weighted by Gasteiger charge is 2.18. The van der Waals surface area contributed by atoms with Crippen LogP contribution in [0.5, 0.6) is 0 Å². The van der Waals surface area contributed by atoms with Gasteiger partial charge in [-0.3, -0.25) is 0 Å². The lowest BCUT2D eigenvalue weighted by Crippen LogP contribution is -2.37. The van der Waals surface area contributed by atoms with Gasteiger partial charge >= 0.3 is 0 Å². The number of likely N-dealkylation sites (tertiary alicyclic amines) is 1. The maximum atomic E-state index is 11.8. The third-order valence-electron chi connectivity index (χ3n) is 3.62. The smallest absolute Gasteiger partial charge is 0.211 e. The lowest BCUT2D eigenvalue weighted by Gasteiger charge is -2.28. The maximum Gasteiger partial charge on any atom is 0.211 e. The number of sulfonamides is 1. The minimum atomic E-state index is -3.09. The first-order valence-electron chi connectivity index (χ1n) is 7.40. The van der Waals surface area contributed by atoms with Gasteiger partial charge in [-0.05, 0) is 64.8 Å². The van der Waals surface area contributed by atoms with E-state index in [0.29, 0.717) is 18.9 Å². The molecule has 0 atom stereocenters. The van der Waals surface area contributed by atoms with Crippen LogP contribution in [0.4, 0.5) is 0 Å². The number of hydrogen-bond donors (Lipinski definition) is 2. The van der Waals surface area contributed by atoms with Gasteiger partial charge in [-0.15, -0.1) is 0 Å². The van der Waals surface area contributed by atoms with Gasteiger partial charge in [-0.2, -0.15) is 0 Å². The largest absolute Gasteiger partial charge is 0.317 e. The zero-order valence-electron chi connectivity index (χ0n) is 12.3. The second-order valence-electron chi connectivity index (χ2n) is 5.52. The Hall–Kier alpha value is -0.170. The third-order valence-corrected chi connectivity index (χ3v) is 5.06. The van der Waals surface area contributed by atoms with Gasteiger partial charge in [0.1, 0.15) is 0 Å². The number of nitrogens with one attached hydrogen (secondary N) is 2. The number of rotatable bonds is 9. The van der Waals surface area contributed by atoms with Gasteiger partial charge in [-0.1, -0.05) is 6.92 Å². The molecule has 2 N–H and O–H groups in total. The fourth-order valence-electron chi connectivity index (χ4n) is 2.27. The molecule has 6 heteroatoms. The van der Waals surface area contributed by atoms with Crippen molar-refractivity contribution in [3.63, 3.8) is 0 Å². The molecule has 114 valence electrons. The molecule has 5 nitrogen and oxygen atoms in total. The summed E-state index contributed by atoms with van der Waals surface area (Å²) in [4.78, 5) is 2.30. The quantitative estimate of drug-likeness (QED) is 0.612. The molecule has 0 radical (unpaired) electrons. The van der Waals surface area contributed by atoms with E-state index in [-0.39, 0.29) is 5.75 Å². The Bertz CT molecular complexity index is 325. The van der Waals surface area contributed by atoms with Crippen LogP contribution in [0, 0.1) is 5.92 Å². The van der Waals surface area contributed by atoms with E-state index in [9.17, 15) is 8.42 Å². The van der Waals surface area contributed by atoms with Crippen LogP contribution < -0.4 is 10.0 Å². The molecule has 1 heterocycles. The molecule has 0 amide bonds. The predicted octanol–water partition coefficient (Wildman–Crippen LogP) is 0.637. The summed E-state index contributed by atoms with van der Waals surface area (Å²) in [6, 6.07) is 0. The van der Waals surface area contributed by atoms with Crippen molar-refractivity contribution in [3.05, 3.63) is 0 Å². The summed E-state index contributed by atoms with van der Waals surface area (Å²) in [5, 5.41) is 3.22. The van der Waals surface area contributed by atoms with Crippen LogP contribution in [0.15, 0.2) is 0 Å². The Labute approximate surface area is 118 Å². The van der Waals surface area contributed by atoms with Crippen LogP contribution in [0.3, 0.4) is 0 Å². The molecule has 19 heavy (non-hydrogen) atoms. The molecule has 1 aliphatic rings. The van der Waals surface area contributed by atoms with Gasteiger partial charge in [0.05, 0.1) is 5.75 Å². The average Bonchev–Trinajstić information content (AvgIpc) is 2.38. The highest BCUT2D eigenvalue weighted by atomic mass is 32.2. The Kier molecular flexibility index (Phi) is 7.90. The van der Waals surface area contributed by atoms with Crippen LogP contribution in [-0.4, -0.2) is 58.8 Å². The van der Waals surface area contributed by atoms with E-state index in [2.05, 4.69) is 28.9 Å². The molecule has 0 unspecified atom stereocenters. The standard InChI is InChI=1S/C13H29N3O2S/c1-3-7-14-8-4-11-19(17,18)15-12-13-5-9-16(2)10-6-13/h13-15H,3-12H2,1-2H3. The first-order valence-corrected chi connectivity index (χ1v) is 9.05. The lowest BCUT2D eigenvalue weighted by atomic mass is 9.98. The fraction of sp³-hybridized carbons (Fsp3) is 1.00. The minimum absolute atomic E-state index is 0.232. The van der Waals surface area contributed by atoms with Crippen LogP contribution >= 0.6 is 0 Å². The number of hydrogen-bond acceptors (Lipinski definition) is 4. The molecule has 0 aromatic heterocycles. The molecule has 0 aliphatic carbocycles. The Morgan fingerprint density at radius 1 is 1.21 bits per heavy atom. The van der Waals surface area contributed by atoms with E-state index < -0.39 is 10.0 Å². The maximum absolute atomic E-state index is 11.8. The van der Waals surface area contributed by atoms with Crippen LogP contribution in [-0.2, 0) is 10.0 Å². The van der Waals surface area contributed by atoms with Crippen molar-refractivity contribution in [2.75, 3.05) is 45.5 Å². The van der Waals surface area contributed by atoms with Gasteiger partial charge in [0.25, 0.3) is 0 Å². The van der Waals surface area contributed by atoms with Crippen molar-refractivity contribution in [1.82, 2.24) is 14.9 Å². The SMILES string of the molecule is CCCNCCCS(=O)(=O)NCC1CCN(C)CC1. The van der Waals surface area contributed by atoms with E-state index in [1.54, 1.807) is 0 Å². The lowest BCUT2D eigenvalue weighted by molar-refractivity contribution is 0.220. The van der Waals surface area contributed by atoms with Gasteiger partial charge < -0.3 is 10.2 Å². The van der Waals surface area contributed by atoms with Gasteiger partial charge in [0.2, 0.25) is 10.0 Å². The fourth-order valence-corrected chi connectivity index (χ4v) is 3.43. The monoisotopic (exact) mass is 291 g/mol. The molecule has 0 saturated carbocycles. The van der Waals surface area contributed by atoms with E-state index in [4.69, 9.17) is 0 Å². The van der Waals surface area contributed by atoms with Gasteiger partial charge in [0.15, 0.2) is 0 Å². The summed E-state index contributed by atoms with van der Waals surface area (Å²) < 4.78 is 26.4. The van der Waals surface area contributed by atoms with E-state index >= 15 is 0 Å². The second-order valence-corrected chi connectivity index (χ2v) is 7.44. The van der Waals surface area contributed by atoms with Crippen molar-refractivity contribution in [2.24, 2.45) is 5.92 Å². The summed E-state index contributed by atoms with van der Waals surface area (Å²) >= 11 is 0. The van der Waals surface area contributed by atoms with E-state index in [1.807, 2.05) is 0 Å². The van der Waals surface area contributed by atoms with Crippen LogP contribution in [0.25, 0.3) is 0 Å². The topological polar surface area (TPSA) is 61.4 Å². The normalized spacial score (nSPS) is 18.8. The van der Waals surface area contributed by atoms with Crippen molar-refractivity contribution < 1.29 is 8.42 Å². The molecular weight excluding hydrogens is 262 g/mol. The molecule has 0 aromatic carbocycles. The third kappa shape index (κ3) is 7.87. The molecule has 1 saturated heterocycles. The Morgan fingerprint density at radius 3 is 2.53 bits per heavy atom. The van der Waals surface area contributed by atoms with Crippen molar-refractivity contribution >= 4 is 10.0 Å². The predicted molar refractivity (Wildman–Crippen MR) is 79.8 cm³/mol. The Balaban J connectivity index is 2.12. The molecule has 1 rings (SSSR count). The molecule has 0 bridgehead atoms. The van der Waals surface area contributed by atoms with Gasteiger partial charge in [-0.25, -0.2) is 13.1 Å². The summed E-state index contributed by atoms with van der Waals surface area (Å²) in [7, 11) is -0.970. The second kappa shape index (κ2) is 8.89. The average molecular weight is 291 g/mol. The zero-order chi connectivity index (χ0) is 14.1. The van der Waals surface area contributed by atoms with E-state index in [0.717, 1.165) is 45.4 Å². The molecular formula is C13H29N3O2S. The Morgan fingerprint density at radius 2 is 1.89 bits per heavy atom. The first-order chi connectivity index (χ1) is 9.03. The molecule has 0 aromatic rings. The molecule has 1 fully saturated rings. The summed E-state index contributed by atoms with van der Waals surface area (Å²) in [5.41, 5.74) is 0. The minimum Gasteiger partial charge on any atom is -0.317 e. The first kappa shape index (κ1) is 16.9. The van der Waals surface area contributed by atoms with Crippen molar-refractivity contribution in [1.29, 1.82) is 0 Å². The highest BCUT2D eigenvalue weighted by molar-refractivity contribution is 7.89. The summed E-state index contributed by atoms with van der Waals surface area (Å²) in [5.74, 6) is 0.736. The van der Waals surface area contributed by atoms with Crippen LogP contribution in [0.1, 0.15) is 32.6 Å². The van der Waals surface area contributed by atoms with Crippen molar-refractivity contribution in [2.45, 2.75) is 32.6 Å². The van der Waals surface area contributed by atoms with Crippen molar-refractivity contribution in [3.8, 4) is 0 Å². The summed E-state index contributed by atoms with van der Waals surface area (Å²) in [6.07, 6.45) is 3.96. The highest BCUT2D eigenvalue weighted by Crippen LogP contribution is 2.14. The van der Waals surface area contributed by atoms with Gasteiger partial charge in [0, 0.05) is 6.54 Å². The number of piperidine rings is 1.